The molecule has 0 saturated heterocycles. The molecule has 0 unspecified atom stereocenters. The standard InChI is InChI=1S/C25H22Cl2O2/c1-3-28-18-14-12-17(13-15-18)24-23(25(24,26)27)22(19-9-5-4-8-16(19)2)20-10-6-7-11-21(20)29-24/h4-15,22-23H,3H2,1-2H3/t22-,23+,24-/m1/s1. The number of aryl methyl sites for hydroxylation is 1. The quantitative estimate of drug-likeness (QED) is 0.438. The molecule has 2 nitrogen and oxygen atoms in total. The Morgan fingerprint density at radius 2 is 1.55 bits per heavy atom. The van der Waals surface area contributed by atoms with Crippen molar-refractivity contribution in [1.29, 1.82) is 0 Å². The van der Waals surface area contributed by atoms with E-state index in [1.165, 1.54) is 11.1 Å². The van der Waals surface area contributed by atoms with Crippen molar-refractivity contribution in [3.8, 4) is 11.5 Å². The van der Waals surface area contributed by atoms with Crippen molar-refractivity contribution in [2.75, 3.05) is 6.61 Å². The highest BCUT2D eigenvalue weighted by atomic mass is 35.5. The first-order valence-corrected chi connectivity index (χ1v) is 10.7. The number of hydrogen-bond donors (Lipinski definition) is 0. The van der Waals surface area contributed by atoms with Gasteiger partial charge in [0.2, 0.25) is 0 Å². The summed E-state index contributed by atoms with van der Waals surface area (Å²) < 4.78 is 11.1. The molecule has 29 heavy (non-hydrogen) atoms. The molecule has 4 heteroatoms. The average molecular weight is 425 g/mol. The lowest BCUT2D eigenvalue weighted by Gasteiger charge is -2.32. The number of benzene rings is 3. The second kappa shape index (κ2) is 6.68. The van der Waals surface area contributed by atoms with E-state index < -0.39 is 9.93 Å². The van der Waals surface area contributed by atoms with Gasteiger partial charge in [-0.3, -0.25) is 0 Å². The van der Waals surface area contributed by atoms with Crippen LogP contribution in [0.5, 0.6) is 11.5 Å². The number of fused-ring (bicyclic) bond motifs is 2. The van der Waals surface area contributed by atoms with Crippen LogP contribution < -0.4 is 9.47 Å². The van der Waals surface area contributed by atoms with Crippen LogP contribution in [0, 0.1) is 12.8 Å². The highest BCUT2D eigenvalue weighted by Crippen LogP contribution is 2.77. The van der Waals surface area contributed by atoms with Crippen molar-refractivity contribution in [2.24, 2.45) is 5.92 Å². The molecule has 3 atom stereocenters. The smallest absolute Gasteiger partial charge is 0.174 e. The first-order valence-electron chi connectivity index (χ1n) is 9.95. The molecule has 1 fully saturated rings. The van der Waals surface area contributed by atoms with Gasteiger partial charge in [0, 0.05) is 11.5 Å². The zero-order chi connectivity index (χ0) is 20.2. The van der Waals surface area contributed by atoms with Gasteiger partial charge in [0.05, 0.1) is 12.5 Å². The van der Waals surface area contributed by atoms with E-state index in [1.54, 1.807) is 0 Å². The van der Waals surface area contributed by atoms with Crippen molar-refractivity contribution < 1.29 is 9.47 Å². The van der Waals surface area contributed by atoms with E-state index >= 15 is 0 Å². The fourth-order valence-corrected chi connectivity index (χ4v) is 5.82. The molecule has 0 radical (unpaired) electrons. The number of ether oxygens (including phenoxy) is 2. The molecule has 0 bridgehead atoms. The second-order valence-electron chi connectivity index (χ2n) is 7.77. The van der Waals surface area contributed by atoms with Crippen LogP contribution in [0.15, 0.2) is 72.8 Å². The lowest BCUT2D eigenvalue weighted by molar-refractivity contribution is 0.137. The number of hydrogen-bond acceptors (Lipinski definition) is 2. The maximum absolute atomic E-state index is 7.00. The monoisotopic (exact) mass is 424 g/mol. The molecule has 1 aliphatic heterocycles. The minimum atomic E-state index is -1.04. The molecule has 0 spiro atoms. The van der Waals surface area contributed by atoms with Crippen molar-refractivity contribution in [1.82, 2.24) is 0 Å². The SMILES string of the molecule is CCOc1ccc([C@@]23Oc4ccccc4[C@@H](c4ccccc4C)[C@@H]2C3(Cl)Cl)cc1. The van der Waals surface area contributed by atoms with E-state index in [1.807, 2.05) is 49.4 Å². The average Bonchev–Trinajstić information content (AvgIpc) is 3.23. The first-order chi connectivity index (χ1) is 14.0. The molecule has 0 N–H and O–H groups in total. The van der Waals surface area contributed by atoms with Crippen molar-refractivity contribution in [3.05, 3.63) is 95.1 Å². The fraction of sp³-hybridized carbons (Fsp3) is 0.280. The molecular formula is C25H22Cl2O2. The third-order valence-electron chi connectivity index (χ3n) is 6.22. The van der Waals surface area contributed by atoms with E-state index in [0.29, 0.717) is 6.61 Å². The summed E-state index contributed by atoms with van der Waals surface area (Å²) in [5.41, 5.74) is 3.79. The Morgan fingerprint density at radius 3 is 2.24 bits per heavy atom. The third-order valence-corrected chi connectivity index (χ3v) is 7.25. The Balaban J connectivity index is 1.68. The summed E-state index contributed by atoms with van der Waals surface area (Å²) in [6.07, 6.45) is 0. The van der Waals surface area contributed by atoms with Gasteiger partial charge in [0.1, 0.15) is 11.5 Å². The normalized spacial score (nSPS) is 26.1. The van der Waals surface area contributed by atoms with Gasteiger partial charge in [-0.05, 0) is 48.7 Å². The Morgan fingerprint density at radius 1 is 0.897 bits per heavy atom. The highest BCUT2D eigenvalue weighted by Gasteiger charge is 2.83. The van der Waals surface area contributed by atoms with E-state index in [4.69, 9.17) is 32.7 Å². The van der Waals surface area contributed by atoms with Crippen molar-refractivity contribution >= 4 is 23.2 Å². The lowest BCUT2D eigenvalue weighted by Crippen LogP contribution is -2.29. The van der Waals surface area contributed by atoms with Crippen molar-refractivity contribution in [3.63, 3.8) is 0 Å². The zero-order valence-electron chi connectivity index (χ0n) is 16.4. The van der Waals surface area contributed by atoms with Gasteiger partial charge in [-0.1, -0.05) is 77.8 Å². The Labute approximate surface area is 181 Å². The topological polar surface area (TPSA) is 18.5 Å². The van der Waals surface area contributed by atoms with Gasteiger partial charge in [0.25, 0.3) is 0 Å². The van der Waals surface area contributed by atoms with E-state index in [-0.39, 0.29) is 11.8 Å². The maximum Gasteiger partial charge on any atom is 0.174 e. The fourth-order valence-electron chi connectivity index (χ4n) is 4.84. The molecule has 5 rings (SSSR count). The van der Waals surface area contributed by atoms with Gasteiger partial charge in [-0.25, -0.2) is 0 Å². The highest BCUT2D eigenvalue weighted by molar-refractivity contribution is 6.52. The number of alkyl halides is 2. The third kappa shape index (κ3) is 2.62. The van der Waals surface area contributed by atoms with Crippen LogP contribution in [0.4, 0.5) is 0 Å². The van der Waals surface area contributed by atoms with E-state index in [0.717, 1.165) is 22.6 Å². The second-order valence-corrected chi connectivity index (χ2v) is 9.15. The summed E-state index contributed by atoms with van der Waals surface area (Å²) in [4.78, 5) is 0. The van der Waals surface area contributed by atoms with Gasteiger partial charge >= 0.3 is 0 Å². The molecule has 148 valence electrons. The van der Waals surface area contributed by atoms with Crippen LogP contribution in [-0.2, 0) is 5.60 Å². The summed E-state index contributed by atoms with van der Waals surface area (Å²) in [5, 5.41) is 0. The predicted octanol–water partition coefficient (Wildman–Crippen LogP) is 6.62. The lowest BCUT2D eigenvalue weighted by atomic mass is 9.80. The summed E-state index contributed by atoms with van der Waals surface area (Å²) in [6.45, 7) is 4.74. The minimum Gasteiger partial charge on any atom is -0.494 e. The molecule has 3 aromatic carbocycles. The molecule has 1 heterocycles. The molecule has 2 aliphatic rings. The van der Waals surface area contributed by atoms with Crippen molar-refractivity contribution in [2.45, 2.75) is 29.7 Å². The number of rotatable bonds is 4. The molecule has 0 amide bonds. The van der Waals surface area contributed by atoms with Gasteiger partial charge in [0.15, 0.2) is 9.93 Å². The van der Waals surface area contributed by atoms with E-state index in [9.17, 15) is 0 Å². The summed E-state index contributed by atoms with van der Waals surface area (Å²) >= 11 is 14.0. The largest absolute Gasteiger partial charge is 0.494 e. The first kappa shape index (κ1) is 18.8. The van der Waals surface area contributed by atoms with E-state index in [2.05, 4.69) is 37.3 Å². The number of para-hydroxylation sites is 1. The summed E-state index contributed by atoms with van der Waals surface area (Å²) in [7, 11) is 0. The molecule has 0 aromatic heterocycles. The molecule has 1 saturated carbocycles. The Kier molecular flexibility index (Phi) is 4.34. The zero-order valence-corrected chi connectivity index (χ0v) is 17.9. The van der Waals surface area contributed by atoms with Crippen LogP contribution >= 0.6 is 23.2 Å². The van der Waals surface area contributed by atoms with Gasteiger partial charge < -0.3 is 9.47 Å². The molecule has 3 aromatic rings. The Hall–Kier alpha value is -2.16. The summed E-state index contributed by atoms with van der Waals surface area (Å²) in [6, 6.07) is 24.6. The van der Waals surface area contributed by atoms with Gasteiger partial charge in [-0.2, -0.15) is 0 Å². The minimum absolute atomic E-state index is 0.0581. The van der Waals surface area contributed by atoms with Crippen LogP contribution in [0.2, 0.25) is 0 Å². The number of halogens is 2. The van der Waals surface area contributed by atoms with Crippen LogP contribution in [0.3, 0.4) is 0 Å². The molecule has 1 aliphatic carbocycles. The predicted molar refractivity (Wildman–Crippen MR) is 117 cm³/mol. The van der Waals surface area contributed by atoms with Gasteiger partial charge in [-0.15, -0.1) is 0 Å². The van der Waals surface area contributed by atoms with Crippen LogP contribution in [0.25, 0.3) is 0 Å². The maximum atomic E-state index is 7.00. The van der Waals surface area contributed by atoms with Crippen LogP contribution in [-0.4, -0.2) is 10.9 Å². The summed E-state index contributed by atoms with van der Waals surface area (Å²) in [5.74, 6) is 1.63. The molecular weight excluding hydrogens is 403 g/mol. The van der Waals surface area contributed by atoms with Crippen LogP contribution in [0.1, 0.15) is 35.1 Å². The Bertz CT molecular complexity index is 1060.